The van der Waals surface area contributed by atoms with E-state index in [1.54, 1.807) is 11.9 Å². The summed E-state index contributed by atoms with van der Waals surface area (Å²) in [4.78, 5) is 39.2. The highest BCUT2D eigenvalue weighted by atomic mass is 16.4. The number of pyridine rings is 1. The first kappa shape index (κ1) is 13.0. The molecule has 1 aliphatic heterocycles. The van der Waals surface area contributed by atoms with Crippen molar-refractivity contribution in [2.24, 2.45) is 0 Å². The highest BCUT2D eigenvalue weighted by Crippen LogP contribution is 2.10. The zero-order chi connectivity index (χ0) is 14.0. The van der Waals surface area contributed by atoms with Crippen LogP contribution in [0.5, 0.6) is 0 Å². The van der Waals surface area contributed by atoms with Gasteiger partial charge < -0.3 is 15.3 Å². The number of likely N-dealkylation sites (tertiary alicyclic amines) is 1. The number of carbonyl (C=O) groups is 3. The van der Waals surface area contributed by atoms with Crippen molar-refractivity contribution in [2.45, 2.75) is 12.5 Å². The second-order valence-electron chi connectivity index (χ2n) is 4.38. The number of hydrogen-bond acceptors (Lipinski definition) is 4. The average Bonchev–Trinajstić information content (AvgIpc) is 2.68. The first-order chi connectivity index (χ1) is 8.97. The molecule has 1 aromatic rings. The molecule has 1 unspecified atom stereocenters. The zero-order valence-electron chi connectivity index (χ0n) is 10.3. The van der Waals surface area contributed by atoms with Gasteiger partial charge in [-0.05, 0) is 12.1 Å². The summed E-state index contributed by atoms with van der Waals surface area (Å²) in [5.41, 5.74) is 0.0293. The number of carbonyl (C=O) groups excluding carboxylic acids is 2. The van der Waals surface area contributed by atoms with Gasteiger partial charge in [0.05, 0.1) is 6.04 Å². The van der Waals surface area contributed by atoms with Crippen LogP contribution in [0.3, 0.4) is 0 Å². The van der Waals surface area contributed by atoms with Crippen LogP contribution in [-0.4, -0.2) is 52.4 Å². The van der Waals surface area contributed by atoms with E-state index >= 15 is 0 Å². The highest BCUT2D eigenvalue weighted by molar-refractivity contribution is 5.97. The van der Waals surface area contributed by atoms with Crippen molar-refractivity contribution in [3.05, 3.63) is 29.6 Å². The van der Waals surface area contributed by atoms with Gasteiger partial charge in [-0.3, -0.25) is 9.59 Å². The van der Waals surface area contributed by atoms with E-state index < -0.39 is 11.9 Å². The number of aromatic nitrogens is 1. The Kier molecular flexibility index (Phi) is 3.46. The fraction of sp³-hybridized carbons (Fsp3) is 0.333. The lowest BCUT2D eigenvalue weighted by Crippen LogP contribution is -2.36. The summed E-state index contributed by atoms with van der Waals surface area (Å²) >= 11 is 0. The van der Waals surface area contributed by atoms with Gasteiger partial charge in [0.1, 0.15) is 5.69 Å². The summed E-state index contributed by atoms with van der Waals surface area (Å²) < 4.78 is 0. The van der Waals surface area contributed by atoms with Crippen LogP contribution < -0.4 is 5.32 Å². The second kappa shape index (κ2) is 5.05. The second-order valence-corrected chi connectivity index (χ2v) is 4.38. The largest absolute Gasteiger partial charge is 0.477 e. The maximum atomic E-state index is 11.9. The standard InChI is InChI=1S/C12H13N3O4/c1-15-6-8(5-10(15)16)14-11(17)7-2-3-13-9(4-7)12(18)19/h2-4,8H,5-6H2,1H3,(H,14,17)(H,18,19). The van der Waals surface area contributed by atoms with Crippen LogP contribution in [0.4, 0.5) is 0 Å². The molecule has 0 bridgehead atoms. The minimum Gasteiger partial charge on any atom is -0.477 e. The van der Waals surface area contributed by atoms with E-state index in [0.29, 0.717) is 6.54 Å². The smallest absolute Gasteiger partial charge is 0.354 e. The van der Waals surface area contributed by atoms with E-state index in [2.05, 4.69) is 10.3 Å². The Hall–Kier alpha value is -2.44. The Labute approximate surface area is 109 Å². The summed E-state index contributed by atoms with van der Waals surface area (Å²) in [5.74, 6) is -1.62. The van der Waals surface area contributed by atoms with Gasteiger partial charge in [0.25, 0.3) is 5.91 Å². The zero-order valence-corrected chi connectivity index (χ0v) is 10.3. The topological polar surface area (TPSA) is 99.6 Å². The van der Waals surface area contributed by atoms with Gasteiger partial charge in [-0.2, -0.15) is 0 Å². The molecule has 100 valence electrons. The van der Waals surface area contributed by atoms with Crippen LogP contribution in [0.15, 0.2) is 18.3 Å². The predicted octanol–water partition coefficient (Wildman–Crippen LogP) is -0.260. The Bertz CT molecular complexity index is 544. The maximum Gasteiger partial charge on any atom is 0.354 e. The summed E-state index contributed by atoms with van der Waals surface area (Å²) in [6.07, 6.45) is 1.53. The molecule has 0 aromatic carbocycles. The molecule has 7 heteroatoms. The van der Waals surface area contributed by atoms with Crippen molar-refractivity contribution < 1.29 is 19.5 Å². The molecular weight excluding hydrogens is 250 g/mol. The normalized spacial score (nSPS) is 18.5. The minimum absolute atomic E-state index is 0.0220. The van der Waals surface area contributed by atoms with Crippen LogP contribution in [0, 0.1) is 0 Å². The van der Waals surface area contributed by atoms with E-state index in [9.17, 15) is 14.4 Å². The number of carboxylic acid groups (broad SMARTS) is 1. The lowest BCUT2D eigenvalue weighted by atomic mass is 10.2. The molecule has 1 aromatic heterocycles. The third kappa shape index (κ3) is 2.87. The molecular formula is C12H13N3O4. The molecule has 1 aliphatic rings. The number of carboxylic acids is 1. The van der Waals surface area contributed by atoms with E-state index in [1.807, 2.05) is 0 Å². The average molecular weight is 263 g/mol. The van der Waals surface area contributed by atoms with E-state index in [4.69, 9.17) is 5.11 Å². The van der Waals surface area contributed by atoms with Crippen LogP contribution >= 0.6 is 0 Å². The monoisotopic (exact) mass is 263 g/mol. The Morgan fingerprint density at radius 1 is 1.53 bits per heavy atom. The Morgan fingerprint density at radius 2 is 2.26 bits per heavy atom. The molecule has 2 rings (SSSR count). The number of nitrogens with zero attached hydrogens (tertiary/aromatic N) is 2. The van der Waals surface area contributed by atoms with Crippen molar-refractivity contribution in [2.75, 3.05) is 13.6 Å². The van der Waals surface area contributed by atoms with Gasteiger partial charge in [-0.1, -0.05) is 0 Å². The SMILES string of the molecule is CN1CC(NC(=O)c2ccnc(C(=O)O)c2)CC1=O. The number of likely N-dealkylation sites (N-methyl/N-ethyl adjacent to an activating group) is 1. The Balaban J connectivity index is 2.06. The molecule has 0 spiro atoms. The fourth-order valence-electron chi connectivity index (χ4n) is 1.92. The van der Waals surface area contributed by atoms with Crippen molar-refractivity contribution in [1.29, 1.82) is 0 Å². The molecule has 0 saturated carbocycles. The molecule has 7 nitrogen and oxygen atoms in total. The van der Waals surface area contributed by atoms with E-state index in [0.717, 1.165) is 0 Å². The number of nitrogens with one attached hydrogen (secondary N) is 1. The third-order valence-corrected chi connectivity index (χ3v) is 2.92. The summed E-state index contributed by atoms with van der Waals surface area (Å²) in [6.45, 7) is 0.460. The number of amides is 2. The lowest BCUT2D eigenvalue weighted by Gasteiger charge is -2.12. The van der Waals surface area contributed by atoms with E-state index in [-0.39, 0.29) is 29.6 Å². The van der Waals surface area contributed by atoms with Gasteiger partial charge in [-0.15, -0.1) is 0 Å². The van der Waals surface area contributed by atoms with Crippen LogP contribution in [0.25, 0.3) is 0 Å². The van der Waals surface area contributed by atoms with Gasteiger partial charge in [-0.25, -0.2) is 9.78 Å². The molecule has 2 N–H and O–H groups in total. The van der Waals surface area contributed by atoms with Crippen molar-refractivity contribution >= 4 is 17.8 Å². The number of rotatable bonds is 3. The molecule has 1 atom stereocenters. The van der Waals surface area contributed by atoms with Gasteiger partial charge in [0.15, 0.2) is 0 Å². The molecule has 2 amide bonds. The number of hydrogen-bond donors (Lipinski definition) is 2. The van der Waals surface area contributed by atoms with Gasteiger partial charge in [0, 0.05) is 31.8 Å². The molecule has 19 heavy (non-hydrogen) atoms. The summed E-state index contributed by atoms with van der Waals surface area (Å²) in [7, 11) is 1.67. The van der Waals surface area contributed by atoms with Crippen LogP contribution in [0.1, 0.15) is 27.3 Å². The van der Waals surface area contributed by atoms with Crippen molar-refractivity contribution in [1.82, 2.24) is 15.2 Å². The summed E-state index contributed by atoms with van der Waals surface area (Å²) in [6, 6.07) is 2.40. The lowest BCUT2D eigenvalue weighted by molar-refractivity contribution is -0.126. The first-order valence-electron chi connectivity index (χ1n) is 5.71. The maximum absolute atomic E-state index is 11.9. The highest BCUT2D eigenvalue weighted by Gasteiger charge is 2.28. The van der Waals surface area contributed by atoms with Crippen LogP contribution in [0.2, 0.25) is 0 Å². The molecule has 1 saturated heterocycles. The van der Waals surface area contributed by atoms with Crippen molar-refractivity contribution in [3.8, 4) is 0 Å². The fourth-order valence-corrected chi connectivity index (χ4v) is 1.92. The first-order valence-corrected chi connectivity index (χ1v) is 5.71. The number of aromatic carboxylic acids is 1. The van der Waals surface area contributed by atoms with Crippen LogP contribution in [-0.2, 0) is 4.79 Å². The third-order valence-electron chi connectivity index (χ3n) is 2.92. The predicted molar refractivity (Wildman–Crippen MR) is 64.7 cm³/mol. The van der Waals surface area contributed by atoms with Crippen molar-refractivity contribution in [3.63, 3.8) is 0 Å². The molecule has 2 heterocycles. The molecule has 0 radical (unpaired) electrons. The van der Waals surface area contributed by atoms with Gasteiger partial charge >= 0.3 is 5.97 Å². The minimum atomic E-state index is -1.19. The van der Waals surface area contributed by atoms with E-state index in [1.165, 1.54) is 18.3 Å². The molecule has 1 fully saturated rings. The Morgan fingerprint density at radius 3 is 2.84 bits per heavy atom. The molecule has 0 aliphatic carbocycles. The summed E-state index contributed by atoms with van der Waals surface area (Å²) in [5, 5.41) is 11.5. The quantitative estimate of drug-likeness (QED) is 0.782. The van der Waals surface area contributed by atoms with Gasteiger partial charge in [0.2, 0.25) is 5.91 Å².